The van der Waals surface area contributed by atoms with E-state index in [0.717, 1.165) is 30.9 Å². The van der Waals surface area contributed by atoms with E-state index >= 15 is 0 Å². The Hall–Kier alpha value is -1.17. The maximum atomic E-state index is 5.89. The van der Waals surface area contributed by atoms with Gasteiger partial charge in [-0.3, -0.25) is 4.98 Å². The van der Waals surface area contributed by atoms with Crippen molar-refractivity contribution in [2.75, 3.05) is 33.5 Å². The second-order valence-electron chi connectivity index (χ2n) is 4.24. The third-order valence-electron chi connectivity index (χ3n) is 2.71. The number of methoxy groups -OCH3 is 1. The zero-order valence-electron chi connectivity index (χ0n) is 11.8. The van der Waals surface area contributed by atoms with Gasteiger partial charge in [0.25, 0.3) is 0 Å². The molecule has 19 heavy (non-hydrogen) atoms. The zero-order chi connectivity index (χ0) is 13.9. The Morgan fingerprint density at radius 1 is 1.21 bits per heavy atom. The largest absolute Gasteiger partial charge is 0.490 e. The summed E-state index contributed by atoms with van der Waals surface area (Å²) in [6, 6.07) is 3.80. The predicted molar refractivity (Wildman–Crippen MR) is 74.3 cm³/mol. The van der Waals surface area contributed by atoms with E-state index in [-0.39, 0.29) is 6.04 Å². The Bertz CT molecular complexity index is 330. The van der Waals surface area contributed by atoms with E-state index in [9.17, 15) is 0 Å². The molecule has 0 saturated heterocycles. The molecule has 0 aromatic carbocycles. The third-order valence-corrected chi connectivity index (χ3v) is 2.71. The predicted octanol–water partition coefficient (Wildman–Crippen LogP) is 1.92. The minimum atomic E-state index is -0.00170. The second kappa shape index (κ2) is 9.72. The van der Waals surface area contributed by atoms with Crippen LogP contribution in [0.25, 0.3) is 0 Å². The number of hydrogen-bond acceptors (Lipinski definition) is 5. The summed E-state index contributed by atoms with van der Waals surface area (Å²) in [6.07, 6.45) is 3.49. The van der Waals surface area contributed by atoms with Crippen molar-refractivity contribution in [3.63, 3.8) is 0 Å². The summed E-state index contributed by atoms with van der Waals surface area (Å²) >= 11 is 0. The van der Waals surface area contributed by atoms with Crippen molar-refractivity contribution in [1.82, 2.24) is 4.98 Å². The fraction of sp³-hybridized carbons (Fsp3) is 0.643. The molecule has 1 unspecified atom stereocenters. The van der Waals surface area contributed by atoms with Gasteiger partial charge in [0.05, 0.1) is 18.5 Å². The van der Waals surface area contributed by atoms with Gasteiger partial charge in [-0.15, -0.1) is 0 Å². The fourth-order valence-corrected chi connectivity index (χ4v) is 1.53. The summed E-state index contributed by atoms with van der Waals surface area (Å²) in [6.45, 7) is 4.55. The van der Waals surface area contributed by atoms with Crippen LogP contribution in [0.15, 0.2) is 18.3 Å². The van der Waals surface area contributed by atoms with Gasteiger partial charge >= 0.3 is 0 Å². The summed E-state index contributed by atoms with van der Waals surface area (Å²) in [5.74, 6) is 0.743. The van der Waals surface area contributed by atoms with E-state index in [1.54, 1.807) is 13.3 Å². The van der Waals surface area contributed by atoms with Crippen LogP contribution >= 0.6 is 0 Å². The Morgan fingerprint density at radius 3 is 2.68 bits per heavy atom. The Balaban J connectivity index is 2.16. The van der Waals surface area contributed by atoms with Crippen LogP contribution in [0.4, 0.5) is 0 Å². The van der Waals surface area contributed by atoms with Crippen molar-refractivity contribution in [2.24, 2.45) is 5.73 Å². The average Bonchev–Trinajstić information content (AvgIpc) is 2.46. The molecule has 0 spiro atoms. The number of nitrogens with two attached hydrogens (primary N) is 1. The first-order valence-corrected chi connectivity index (χ1v) is 6.69. The maximum Gasteiger partial charge on any atom is 0.137 e. The molecule has 0 aliphatic rings. The highest BCUT2D eigenvalue weighted by Crippen LogP contribution is 2.14. The lowest BCUT2D eigenvalue weighted by Gasteiger charge is -2.10. The minimum Gasteiger partial charge on any atom is -0.490 e. The molecule has 0 radical (unpaired) electrons. The average molecular weight is 268 g/mol. The molecule has 0 aliphatic carbocycles. The highest BCUT2D eigenvalue weighted by Gasteiger charge is 2.04. The number of ether oxygens (including phenoxy) is 3. The van der Waals surface area contributed by atoms with Gasteiger partial charge in [-0.1, -0.05) is 6.92 Å². The topological polar surface area (TPSA) is 66.6 Å². The molecule has 5 heteroatoms. The molecule has 5 nitrogen and oxygen atoms in total. The van der Waals surface area contributed by atoms with Crippen molar-refractivity contribution >= 4 is 0 Å². The van der Waals surface area contributed by atoms with Crippen molar-refractivity contribution in [3.05, 3.63) is 24.0 Å². The summed E-state index contributed by atoms with van der Waals surface area (Å²) < 4.78 is 15.8. The molecule has 1 heterocycles. The van der Waals surface area contributed by atoms with Crippen LogP contribution in [0.5, 0.6) is 5.75 Å². The van der Waals surface area contributed by atoms with Crippen LogP contribution in [-0.4, -0.2) is 38.5 Å². The molecule has 0 bridgehead atoms. The highest BCUT2D eigenvalue weighted by atomic mass is 16.5. The van der Waals surface area contributed by atoms with Crippen LogP contribution in [0.1, 0.15) is 31.5 Å². The smallest absolute Gasteiger partial charge is 0.137 e. The third kappa shape index (κ3) is 6.52. The molecular weight excluding hydrogens is 244 g/mol. The summed E-state index contributed by atoms with van der Waals surface area (Å²) in [7, 11) is 1.68. The van der Waals surface area contributed by atoms with Gasteiger partial charge in [0, 0.05) is 26.4 Å². The van der Waals surface area contributed by atoms with E-state index in [1.807, 2.05) is 19.1 Å². The first-order valence-electron chi connectivity index (χ1n) is 6.69. The molecule has 2 N–H and O–H groups in total. The lowest BCUT2D eigenvalue weighted by Crippen LogP contribution is -2.11. The maximum absolute atomic E-state index is 5.89. The monoisotopic (exact) mass is 268 g/mol. The van der Waals surface area contributed by atoms with Gasteiger partial charge in [-0.2, -0.15) is 0 Å². The van der Waals surface area contributed by atoms with Crippen LogP contribution in [-0.2, 0) is 9.47 Å². The van der Waals surface area contributed by atoms with E-state index in [4.69, 9.17) is 19.9 Å². The van der Waals surface area contributed by atoms with Gasteiger partial charge in [0.15, 0.2) is 0 Å². The fourth-order valence-electron chi connectivity index (χ4n) is 1.53. The molecule has 0 amide bonds. The van der Waals surface area contributed by atoms with Gasteiger partial charge in [0.2, 0.25) is 0 Å². The van der Waals surface area contributed by atoms with Crippen molar-refractivity contribution in [3.8, 4) is 5.75 Å². The summed E-state index contributed by atoms with van der Waals surface area (Å²) in [5, 5.41) is 0. The van der Waals surface area contributed by atoms with E-state index < -0.39 is 0 Å². The van der Waals surface area contributed by atoms with Gasteiger partial charge < -0.3 is 19.9 Å². The van der Waals surface area contributed by atoms with Crippen molar-refractivity contribution in [2.45, 2.75) is 25.8 Å². The minimum absolute atomic E-state index is 0.00170. The molecule has 1 rings (SSSR count). The van der Waals surface area contributed by atoms with Crippen molar-refractivity contribution in [1.29, 1.82) is 0 Å². The number of nitrogens with zero attached hydrogens (tertiary/aromatic N) is 1. The molecule has 1 aromatic heterocycles. The van der Waals surface area contributed by atoms with Crippen LogP contribution < -0.4 is 10.5 Å². The highest BCUT2D eigenvalue weighted by molar-refractivity contribution is 5.21. The zero-order valence-corrected chi connectivity index (χ0v) is 11.8. The summed E-state index contributed by atoms with van der Waals surface area (Å²) in [5.41, 5.74) is 6.78. The normalized spacial score (nSPS) is 12.4. The van der Waals surface area contributed by atoms with E-state index in [2.05, 4.69) is 4.98 Å². The first-order chi connectivity index (χ1) is 9.27. The quantitative estimate of drug-likeness (QED) is 0.657. The van der Waals surface area contributed by atoms with Gasteiger partial charge in [0.1, 0.15) is 12.4 Å². The van der Waals surface area contributed by atoms with Gasteiger partial charge in [-0.05, 0) is 25.0 Å². The second-order valence-corrected chi connectivity index (χ2v) is 4.24. The standard InChI is InChI=1S/C14H24N2O3/c1-3-13(15)14-6-5-12(11-16-14)19-10-9-18-8-4-7-17-2/h5-6,11,13H,3-4,7-10,15H2,1-2H3. The molecule has 108 valence electrons. The Morgan fingerprint density at radius 2 is 2.05 bits per heavy atom. The van der Waals surface area contributed by atoms with E-state index in [1.165, 1.54) is 0 Å². The lowest BCUT2D eigenvalue weighted by molar-refractivity contribution is 0.0805. The Kier molecular flexibility index (Phi) is 8.13. The Labute approximate surface area is 115 Å². The first kappa shape index (κ1) is 15.9. The lowest BCUT2D eigenvalue weighted by atomic mass is 10.1. The van der Waals surface area contributed by atoms with Crippen molar-refractivity contribution < 1.29 is 14.2 Å². The molecule has 0 aliphatic heterocycles. The SMILES string of the molecule is CCC(N)c1ccc(OCCOCCCOC)cn1. The molecule has 0 fully saturated rings. The number of hydrogen-bond donors (Lipinski definition) is 1. The van der Waals surface area contributed by atoms with Crippen LogP contribution in [0, 0.1) is 0 Å². The summed E-state index contributed by atoms with van der Waals surface area (Å²) in [4.78, 5) is 4.28. The van der Waals surface area contributed by atoms with Crippen LogP contribution in [0.2, 0.25) is 0 Å². The number of pyridine rings is 1. The van der Waals surface area contributed by atoms with E-state index in [0.29, 0.717) is 19.8 Å². The number of rotatable bonds is 10. The van der Waals surface area contributed by atoms with Gasteiger partial charge in [-0.25, -0.2) is 0 Å². The molecule has 0 saturated carbocycles. The van der Waals surface area contributed by atoms with Crippen LogP contribution in [0.3, 0.4) is 0 Å². The molecular formula is C14H24N2O3. The molecule has 1 aromatic rings. The number of aromatic nitrogens is 1. The molecule has 1 atom stereocenters.